The smallest absolute Gasteiger partial charge is 0.259 e. The van der Waals surface area contributed by atoms with Gasteiger partial charge in [-0.05, 0) is 26.0 Å². The Bertz CT molecular complexity index is 1900. The number of nitrogens with one attached hydrogen (secondary N) is 1. The lowest BCUT2D eigenvalue weighted by molar-refractivity contribution is 0.0942. The third-order valence-corrected chi connectivity index (χ3v) is 6.91. The molecule has 0 saturated carbocycles. The van der Waals surface area contributed by atoms with Crippen molar-refractivity contribution in [2.24, 2.45) is 7.05 Å². The maximum atomic E-state index is 13.4. The number of rotatable bonds is 6. The molecule has 0 radical (unpaired) electrons. The van der Waals surface area contributed by atoms with Crippen molar-refractivity contribution in [3.05, 3.63) is 107 Å². The van der Waals surface area contributed by atoms with Crippen molar-refractivity contribution in [3.8, 4) is 11.3 Å². The second-order valence-corrected chi connectivity index (χ2v) is 9.73. The number of para-hydroxylation sites is 1. The summed E-state index contributed by atoms with van der Waals surface area (Å²) in [6, 6.07) is 19.5. The number of nitrogen functional groups attached to an aromatic ring is 1. The van der Waals surface area contributed by atoms with Crippen molar-refractivity contribution < 1.29 is 4.79 Å². The van der Waals surface area contributed by atoms with Gasteiger partial charge < -0.3 is 11.1 Å². The number of pyridine rings is 1. The van der Waals surface area contributed by atoms with E-state index < -0.39 is 0 Å². The molecule has 0 fully saturated rings. The number of carbonyl (C=O) groups excluding carboxylic acids is 1. The van der Waals surface area contributed by atoms with E-state index in [1.54, 1.807) is 18.5 Å². The van der Waals surface area contributed by atoms with Crippen molar-refractivity contribution in [1.82, 2.24) is 34.7 Å². The Balaban J connectivity index is 1.42. The number of aromatic nitrogens is 6. The van der Waals surface area contributed by atoms with Gasteiger partial charge in [0, 0.05) is 53.3 Å². The van der Waals surface area contributed by atoms with Gasteiger partial charge in [0.2, 0.25) is 0 Å². The van der Waals surface area contributed by atoms with E-state index >= 15 is 0 Å². The Morgan fingerprint density at radius 2 is 1.82 bits per heavy atom. The van der Waals surface area contributed by atoms with Gasteiger partial charge >= 0.3 is 0 Å². The van der Waals surface area contributed by atoms with Crippen LogP contribution in [0.5, 0.6) is 0 Å². The maximum absolute atomic E-state index is 13.4. The molecule has 0 spiro atoms. The normalized spacial score (nSPS) is 12.4. The summed E-state index contributed by atoms with van der Waals surface area (Å²) in [4.78, 5) is 22.9. The average molecular weight is 529 g/mol. The van der Waals surface area contributed by atoms with Gasteiger partial charge in [0.15, 0.2) is 11.5 Å². The summed E-state index contributed by atoms with van der Waals surface area (Å²) in [6.45, 7) is 3.94. The van der Waals surface area contributed by atoms with E-state index in [1.165, 1.54) is 4.52 Å². The van der Waals surface area contributed by atoms with E-state index in [-0.39, 0.29) is 23.3 Å². The number of amides is 1. The van der Waals surface area contributed by atoms with E-state index in [0.29, 0.717) is 5.65 Å². The van der Waals surface area contributed by atoms with Crippen LogP contribution in [0.25, 0.3) is 40.0 Å². The number of nitrogens with zero attached hydrogens (tertiary/aromatic N) is 6. The number of fused-ring (bicyclic) bond motifs is 2. The third kappa shape index (κ3) is 4.58. The highest BCUT2D eigenvalue weighted by Crippen LogP contribution is 2.32. The molecule has 2 aromatic carbocycles. The molecule has 0 aliphatic carbocycles. The van der Waals surface area contributed by atoms with E-state index in [0.717, 1.165) is 44.5 Å². The largest absolute Gasteiger partial charge is 0.381 e. The molecule has 4 aromatic heterocycles. The highest BCUT2D eigenvalue weighted by atomic mass is 16.1. The van der Waals surface area contributed by atoms with Crippen LogP contribution in [0.3, 0.4) is 0 Å². The molecule has 1 unspecified atom stereocenters. The molecule has 3 N–H and O–H groups in total. The van der Waals surface area contributed by atoms with Gasteiger partial charge in [-0.25, -0.2) is 14.5 Å². The van der Waals surface area contributed by atoms with Crippen molar-refractivity contribution >= 4 is 40.4 Å². The van der Waals surface area contributed by atoms with Crippen molar-refractivity contribution in [2.75, 3.05) is 5.73 Å². The zero-order valence-electron chi connectivity index (χ0n) is 22.4. The van der Waals surface area contributed by atoms with E-state index in [4.69, 9.17) is 10.7 Å². The van der Waals surface area contributed by atoms with Crippen LogP contribution in [0.1, 0.15) is 45.7 Å². The van der Waals surface area contributed by atoms with E-state index in [9.17, 15) is 4.79 Å². The molecule has 6 aromatic rings. The minimum Gasteiger partial charge on any atom is -0.381 e. The lowest BCUT2D eigenvalue weighted by atomic mass is 9.97. The Morgan fingerprint density at radius 1 is 1.02 bits per heavy atom. The summed E-state index contributed by atoms with van der Waals surface area (Å²) in [6.07, 6.45) is 9.45. The Kier molecular flexibility index (Phi) is 6.31. The van der Waals surface area contributed by atoms with E-state index in [1.807, 2.05) is 74.2 Å². The number of nitrogens with two attached hydrogens (primary N) is 1. The first-order valence-electron chi connectivity index (χ1n) is 13.0. The molecule has 0 bridgehead atoms. The Labute approximate surface area is 231 Å². The molecule has 1 atom stereocenters. The molecule has 6 rings (SSSR count). The third-order valence-electron chi connectivity index (χ3n) is 6.91. The minimum absolute atomic E-state index is 0.128. The van der Waals surface area contributed by atoms with Crippen molar-refractivity contribution in [1.29, 1.82) is 0 Å². The van der Waals surface area contributed by atoms with E-state index in [2.05, 4.69) is 44.8 Å². The summed E-state index contributed by atoms with van der Waals surface area (Å²) < 4.78 is 3.31. The first-order valence-corrected chi connectivity index (χ1v) is 13.0. The molecule has 9 nitrogen and oxygen atoms in total. The zero-order chi connectivity index (χ0) is 27.8. The summed E-state index contributed by atoms with van der Waals surface area (Å²) in [5.74, 6) is -0.218. The second kappa shape index (κ2) is 10.1. The van der Waals surface area contributed by atoms with Crippen molar-refractivity contribution in [2.45, 2.75) is 19.9 Å². The summed E-state index contributed by atoms with van der Waals surface area (Å²) >= 11 is 0. The van der Waals surface area contributed by atoms with Gasteiger partial charge in [-0.3, -0.25) is 9.48 Å². The first kappa shape index (κ1) is 25.0. The highest BCUT2D eigenvalue weighted by molar-refractivity contribution is 6.04. The van der Waals surface area contributed by atoms with Crippen LogP contribution < -0.4 is 11.1 Å². The van der Waals surface area contributed by atoms with Gasteiger partial charge in [-0.2, -0.15) is 5.10 Å². The molecule has 0 saturated heterocycles. The Hall–Kier alpha value is -5.31. The maximum Gasteiger partial charge on any atom is 0.259 e. The summed E-state index contributed by atoms with van der Waals surface area (Å²) in [5, 5.41) is 12.7. The minimum atomic E-state index is -0.380. The number of benzene rings is 2. The quantitative estimate of drug-likeness (QED) is 0.306. The number of hydrogen-bond acceptors (Lipinski definition) is 6. The molecule has 1 amide bonds. The average Bonchev–Trinajstić information content (AvgIpc) is 3.47. The fourth-order valence-corrected chi connectivity index (χ4v) is 4.96. The first-order chi connectivity index (χ1) is 19.4. The van der Waals surface area contributed by atoms with Crippen molar-refractivity contribution in [3.63, 3.8) is 0 Å². The van der Waals surface area contributed by atoms with Crippen LogP contribution in [-0.4, -0.2) is 35.3 Å². The summed E-state index contributed by atoms with van der Waals surface area (Å²) in [5.41, 5.74) is 13.3. The molecule has 4 heterocycles. The predicted molar refractivity (Wildman–Crippen MR) is 157 cm³/mol. The van der Waals surface area contributed by atoms with Gasteiger partial charge in [-0.1, -0.05) is 60.7 Å². The van der Waals surface area contributed by atoms with Gasteiger partial charge in [-0.15, -0.1) is 5.10 Å². The summed E-state index contributed by atoms with van der Waals surface area (Å²) in [7, 11) is 1.91. The van der Waals surface area contributed by atoms with Gasteiger partial charge in [0.25, 0.3) is 5.91 Å². The molecule has 0 aliphatic heterocycles. The molecular weight excluding hydrogens is 500 g/mol. The lowest BCUT2D eigenvalue weighted by Crippen LogP contribution is -2.28. The monoisotopic (exact) mass is 528 g/mol. The van der Waals surface area contributed by atoms with Crippen LogP contribution in [0.2, 0.25) is 0 Å². The van der Waals surface area contributed by atoms with Gasteiger partial charge in [0.05, 0.1) is 22.9 Å². The van der Waals surface area contributed by atoms with Gasteiger partial charge in [0.1, 0.15) is 5.56 Å². The number of anilines is 1. The molecule has 40 heavy (non-hydrogen) atoms. The standard InChI is InChI=1S/C31H28N8O/c1-19-24(18-38(3)36-19)14-13-22-11-7-12-23-17-25(28(35-27(22)23)21-9-5-4-6-10-21)20(2)34-31(40)26-29(32)37-39-16-8-15-33-30(26)39/h4-18,20H,1-3H3,(H2,32,37)(H,34,40)/b14-13-. The van der Waals surface area contributed by atoms with Crippen LogP contribution in [0, 0.1) is 6.92 Å². The molecule has 0 aliphatic rings. The fourth-order valence-electron chi connectivity index (χ4n) is 4.96. The molecule has 9 heteroatoms. The highest BCUT2D eigenvalue weighted by Gasteiger charge is 2.23. The lowest BCUT2D eigenvalue weighted by Gasteiger charge is -2.19. The molecular formula is C31H28N8O. The fraction of sp³-hybridized carbons (Fsp3) is 0.129. The number of hydrogen-bond donors (Lipinski definition) is 2. The molecule has 198 valence electrons. The second-order valence-electron chi connectivity index (χ2n) is 9.73. The Morgan fingerprint density at radius 3 is 2.60 bits per heavy atom. The van der Waals surface area contributed by atoms with Crippen LogP contribution in [0.15, 0.2) is 79.3 Å². The SMILES string of the molecule is Cc1nn(C)cc1/C=C\c1cccc2cc(C(C)NC(=O)c3c(N)nn4cccnc34)c(-c3ccccc3)nc12. The number of carbonyl (C=O) groups is 1. The predicted octanol–water partition coefficient (Wildman–Crippen LogP) is 5.23. The zero-order valence-corrected chi connectivity index (χ0v) is 22.4. The van der Waals surface area contributed by atoms with Crippen LogP contribution in [0.4, 0.5) is 5.82 Å². The number of aryl methyl sites for hydroxylation is 2. The topological polar surface area (TPSA) is 116 Å². The van der Waals surface area contributed by atoms with Crippen LogP contribution in [-0.2, 0) is 7.05 Å². The van der Waals surface area contributed by atoms with Crippen LogP contribution >= 0.6 is 0 Å².